The van der Waals surface area contributed by atoms with Crippen molar-refractivity contribution < 1.29 is 13.6 Å². The van der Waals surface area contributed by atoms with E-state index in [1.165, 1.54) is 0 Å². The predicted molar refractivity (Wildman–Crippen MR) is 134 cm³/mol. The molecule has 0 aromatic heterocycles. The highest BCUT2D eigenvalue weighted by Crippen LogP contribution is 2.45. The van der Waals surface area contributed by atoms with Crippen LogP contribution >= 0.6 is 30.9 Å². The molecule has 0 amide bonds. The topological polar surface area (TPSA) is 85.9 Å². The normalized spacial score (nSPS) is 12.0. The van der Waals surface area contributed by atoms with Crippen LogP contribution in [0.2, 0.25) is 10.0 Å². The van der Waals surface area contributed by atoms with Gasteiger partial charge in [0.15, 0.2) is 5.96 Å². The van der Waals surface area contributed by atoms with Gasteiger partial charge in [0.1, 0.15) is 0 Å². The summed E-state index contributed by atoms with van der Waals surface area (Å²) in [5.74, 6) is -0.0234. The Balaban J connectivity index is 1.60. The van der Waals surface area contributed by atoms with Gasteiger partial charge < -0.3 is 5.73 Å². The molecule has 0 bridgehead atoms. The lowest BCUT2D eigenvalue weighted by molar-refractivity contribution is 0.187. The lowest BCUT2D eigenvalue weighted by Gasteiger charge is -2.20. The molecule has 0 aliphatic carbocycles. The third kappa shape index (κ3) is 8.50. The molecule has 3 aromatic carbocycles. The zero-order chi connectivity index (χ0) is 23.5. The molecule has 6 nitrogen and oxygen atoms in total. The zero-order valence-electron chi connectivity index (χ0n) is 18.0. The Morgan fingerprint density at radius 1 is 0.848 bits per heavy atom. The van der Waals surface area contributed by atoms with Crippen molar-refractivity contribution in [3.63, 3.8) is 0 Å². The maximum Gasteiger partial charge on any atom is 0.435 e. The summed E-state index contributed by atoms with van der Waals surface area (Å²) in [4.78, 5) is 4.26. The molecule has 0 aliphatic rings. The van der Waals surface area contributed by atoms with Crippen molar-refractivity contribution in [2.75, 3.05) is 6.54 Å². The van der Waals surface area contributed by atoms with Gasteiger partial charge in [0.05, 0.1) is 13.2 Å². The Hall–Kier alpha value is -2.34. The third-order valence-electron chi connectivity index (χ3n) is 4.67. The molecule has 0 unspecified atom stereocenters. The van der Waals surface area contributed by atoms with Gasteiger partial charge in [-0.05, 0) is 41.7 Å². The summed E-state index contributed by atoms with van der Waals surface area (Å²) in [5, 5.41) is 3.87. The van der Waals surface area contributed by atoms with Crippen LogP contribution < -0.4 is 10.8 Å². The van der Waals surface area contributed by atoms with Crippen molar-refractivity contribution in [3.8, 4) is 0 Å². The van der Waals surface area contributed by atoms with E-state index in [4.69, 9.17) is 38.0 Å². The number of hydrogen-bond donors (Lipinski definition) is 2. The fourth-order valence-corrected chi connectivity index (χ4v) is 4.75. The van der Waals surface area contributed by atoms with Crippen LogP contribution in [0.5, 0.6) is 0 Å². The lowest BCUT2D eigenvalue weighted by atomic mass is 10.1. The van der Waals surface area contributed by atoms with E-state index in [1.54, 1.807) is 18.2 Å². The summed E-state index contributed by atoms with van der Waals surface area (Å²) in [6.07, 6.45) is 1.30. The molecule has 0 heterocycles. The van der Waals surface area contributed by atoms with Gasteiger partial charge in [0.2, 0.25) is 0 Å². The molecular weight excluding hydrogens is 480 g/mol. The van der Waals surface area contributed by atoms with E-state index in [0.29, 0.717) is 29.4 Å². The van der Waals surface area contributed by atoms with E-state index in [2.05, 4.69) is 10.1 Å². The predicted octanol–water partition coefficient (Wildman–Crippen LogP) is 6.37. The SMILES string of the molecule is NC(=NCCCc1c(Cl)cccc1Cl)NP(=O)(OCc1ccccc1)OCc1ccccc1. The maximum absolute atomic E-state index is 13.4. The molecule has 0 spiro atoms. The molecule has 0 aliphatic heterocycles. The van der Waals surface area contributed by atoms with Crippen LogP contribution in [-0.4, -0.2) is 12.5 Å². The molecule has 174 valence electrons. The molecule has 9 heteroatoms. The molecule has 3 N–H and O–H groups in total. The van der Waals surface area contributed by atoms with Gasteiger partial charge in [-0.2, -0.15) is 0 Å². The van der Waals surface area contributed by atoms with Crippen LogP contribution in [-0.2, 0) is 33.2 Å². The first-order valence-electron chi connectivity index (χ1n) is 10.4. The zero-order valence-corrected chi connectivity index (χ0v) is 20.4. The smallest absolute Gasteiger partial charge is 0.370 e. The molecule has 0 radical (unpaired) electrons. The van der Waals surface area contributed by atoms with Gasteiger partial charge >= 0.3 is 7.75 Å². The highest BCUT2D eigenvalue weighted by atomic mass is 35.5. The minimum absolute atomic E-state index is 0.0234. The Labute approximate surface area is 204 Å². The molecule has 3 rings (SSSR count). The van der Waals surface area contributed by atoms with Gasteiger partial charge in [0.25, 0.3) is 0 Å². The van der Waals surface area contributed by atoms with E-state index in [1.807, 2.05) is 60.7 Å². The molecule has 0 saturated heterocycles. The highest BCUT2D eigenvalue weighted by Gasteiger charge is 2.26. The van der Waals surface area contributed by atoms with Crippen molar-refractivity contribution in [2.24, 2.45) is 10.7 Å². The largest absolute Gasteiger partial charge is 0.435 e. The van der Waals surface area contributed by atoms with E-state index in [9.17, 15) is 4.57 Å². The fraction of sp³-hybridized carbons (Fsp3) is 0.208. The Kier molecular flexibility index (Phi) is 9.79. The number of rotatable bonds is 11. The van der Waals surface area contributed by atoms with Crippen molar-refractivity contribution >= 4 is 36.9 Å². The Bertz CT molecular complexity index is 1030. The van der Waals surface area contributed by atoms with Gasteiger partial charge in [-0.3, -0.25) is 19.1 Å². The second-order valence-electron chi connectivity index (χ2n) is 7.20. The summed E-state index contributed by atoms with van der Waals surface area (Å²) in [6.45, 7) is 0.578. The summed E-state index contributed by atoms with van der Waals surface area (Å²) >= 11 is 12.4. The minimum atomic E-state index is -3.78. The van der Waals surface area contributed by atoms with Crippen LogP contribution in [0.4, 0.5) is 0 Å². The monoisotopic (exact) mass is 505 g/mol. The van der Waals surface area contributed by atoms with Crippen LogP contribution in [0.3, 0.4) is 0 Å². The van der Waals surface area contributed by atoms with E-state index >= 15 is 0 Å². The first kappa shape index (κ1) is 25.3. The summed E-state index contributed by atoms with van der Waals surface area (Å²) in [7, 11) is -3.78. The summed E-state index contributed by atoms with van der Waals surface area (Å²) in [6, 6.07) is 24.2. The Morgan fingerprint density at radius 3 is 1.88 bits per heavy atom. The van der Waals surface area contributed by atoms with Crippen LogP contribution in [0.15, 0.2) is 83.9 Å². The van der Waals surface area contributed by atoms with Crippen molar-refractivity contribution in [2.45, 2.75) is 26.1 Å². The number of benzene rings is 3. The average Bonchev–Trinajstić information content (AvgIpc) is 2.82. The number of nitrogens with one attached hydrogen (secondary N) is 1. The fourth-order valence-electron chi connectivity index (χ4n) is 2.97. The molecule has 33 heavy (non-hydrogen) atoms. The quantitative estimate of drug-likeness (QED) is 0.137. The minimum Gasteiger partial charge on any atom is -0.370 e. The average molecular weight is 506 g/mol. The molecule has 0 atom stereocenters. The van der Waals surface area contributed by atoms with E-state index in [-0.39, 0.29) is 19.2 Å². The second kappa shape index (κ2) is 12.8. The van der Waals surface area contributed by atoms with E-state index in [0.717, 1.165) is 16.7 Å². The lowest BCUT2D eigenvalue weighted by Crippen LogP contribution is -2.31. The van der Waals surface area contributed by atoms with Crippen LogP contribution in [0.1, 0.15) is 23.1 Å². The molecule has 0 saturated carbocycles. The number of aliphatic imine (C=N–C) groups is 1. The number of halogens is 2. The van der Waals surface area contributed by atoms with E-state index < -0.39 is 7.75 Å². The first-order chi connectivity index (χ1) is 16.0. The summed E-state index contributed by atoms with van der Waals surface area (Å²) < 4.78 is 24.6. The van der Waals surface area contributed by atoms with Crippen molar-refractivity contribution in [3.05, 3.63) is 106 Å². The molecular formula is C24H26Cl2N3O3P. The van der Waals surface area contributed by atoms with Crippen molar-refractivity contribution in [1.82, 2.24) is 5.09 Å². The van der Waals surface area contributed by atoms with Crippen LogP contribution in [0, 0.1) is 0 Å². The Morgan fingerprint density at radius 2 is 1.36 bits per heavy atom. The second-order valence-corrected chi connectivity index (χ2v) is 9.75. The molecule has 3 aromatic rings. The number of nitrogens with zero attached hydrogens (tertiary/aromatic N) is 1. The van der Waals surface area contributed by atoms with Crippen LogP contribution in [0.25, 0.3) is 0 Å². The highest BCUT2D eigenvalue weighted by molar-refractivity contribution is 7.52. The maximum atomic E-state index is 13.4. The van der Waals surface area contributed by atoms with Gasteiger partial charge in [0, 0.05) is 16.6 Å². The first-order valence-corrected chi connectivity index (χ1v) is 12.7. The van der Waals surface area contributed by atoms with Crippen molar-refractivity contribution in [1.29, 1.82) is 0 Å². The number of nitrogens with two attached hydrogens (primary N) is 1. The standard InChI is InChI=1S/C24H26Cl2N3O3P/c25-22-14-7-15-23(26)21(22)13-8-16-28-24(27)29-33(30,31-17-19-9-3-1-4-10-19)32-18-20-11-5-2-6-12-20/h1-7,9-12,14-15H,8,13,16-18H2,(H3,27,28,29,30). The summed E-state index contributed by atoms with van der Waals surface area (Å²) in [5.41, 5.74) is 8.57. The van der Waals surface area contributed by atoms with Gasteiger partial charge in [-0.25, -0.2) is 4.57 Å². The number of guanidine groups is 1. The van der Waals surface area contributed by atoms with Gasteiger partial charge in [-0.15, -0.1) is 0 Å². The van der Waals surface area contributed by atoms with Gasteiger partial charge in [-0.1, -0.05) is 89.9 Å². The number of hydrogen-bond acceptors (Lipinski definition) is 4. The molecule has 0 fully saturated rings. The third-order valence-corrected chi connectivity index (χ3v) is 6.82.